The van der Waals surface area contributed by atoms with Crippen molar-refractivity contribution in [1.82, 2.24) is 5.32 Å². The maximum atomic E-state index is 13.3. The fourth-order valence-electron chi connectivity index (χ4n) is 2.20. The van der Waals surface area contributed by atoms with E-state index in [0.717, 1.165) is 29.8 Å². The monoisotopic (exact) mass is 259 g/mol. The lowest BCUT2D eigenvalue weighted by atomic mass is 10.00. The van der Waals surface area contributed by atoms with Crippen molar-refractivity contribution in [2.45, 2.75) is 32.5 Å². The van der Waals surface area contributed by atoms with Gasteiger partial charge in [0.05, 0.1) is 5.71 Å². The molecule has 4 heteroatoms. The summed E-state index contributed by atoms with van der Waals surface area (Å²) in [5.41, 5.74) is 4.96. The van der Waals surface area contributed by atoms with Crippen molar-refractivity contribution < 1.29 is 4.39 Å². The number of aryl methyl sites for hydroxylation is 1. The molecule has 1 aromatic carbocycles. The third-order valence-corrected chi connectivity index (χ3v) is 3.32. The summed E-state index contributed by atoms with van der Waals surface area (Å²) in [6.07, 6.45) is 0.204. The SMILES string of the molecule is C=N/N=C(\CCc1ccc2c(c1)C(=C)NC2)C(C)F. The van der Waals surface area contributed by atoms with Gasteiger partial charge in [0.2, 0.25) is 0 Å². The van der Waals surface area contributed by atoms with Crippen LogP contribution in [0.1, 0.15) is 30.0 Å². The summed E-state index contributed by atoms with van der Waals surface area (Å²) in [6, 6.07) is 6.28. The number of nitrogens with zero attached hydrogens (tertiary/aromatic N) is 2. The van der Waals surface area contributed by atoms with Gasteiger partial charge in [-0.15, -0.1) is 0 Å². The number of hydrogen-bond donors (Lipinski definition) is 1. The van der Waals surface area contributed by atoms with Crippen LogP contribution < -0.4 is 5.32 Å². The Morgan fingerprint density at radius 3 is 3.00 bits per heavy atom. The molecule has 0 fully saturated rings. The van der Waals surface area contributed by atoms with E-state index in [-0.39, 0.29) is 0 Å². The van der Waals surface area contributed by atoms with Crippen LogP contribution in [0.25, 0.3) is 5.70 Å². The zero-order valence-corrected chi connectivity index (χ0v) is 11.1. The zero-order chi connectivity index (χ0) is 13.8. The minimum atomic E-state index is -1.09. The Bertz CT molecular complexity index is 532. The number of fused-ring (bicyclic) bond motifs is 1. The number of alkyl halides is 1. The van der Waals surface area contributed by atoms with Crippen LogP contribution in [0.2, 0.25) is 0 Å². The van der Waals surface area contributed by atoms with Crippen LogP contribution in [0.15, 0.2) is 35.0 Å². The Hall–Kier alpha value is -1.97. The number of rotatable bonds is 5. The van der Waals surface area contributed by atoms with Crippen LogP contribution in [0, 0.1) is 0 Å². The quantitative estimate of drug-likeness (QED) is 0.640. The second-order valence-corrected chi connectivity index (χ2v) is 4.67. The molecule has 2 rings (SSSR count). The molecule has 100 valence electrons. The van der Waals surface area contributed by atoms with Crippen molar-refractivity contribution >= 4 is 18.1 Å². The Kier molecular flexibility index (Phi) is 4.10. The Morgan fingerprint density at radius 1 is 1.53 bits per heavy atom. The van der Waals surface area contributed by atoms with E-state index in [2.05, 4.69) is 47.0 Å². The van der Waals surface area contributed by atoms with Crippen molar-refractivity contribution in [3.63, 3.8) is 0 Å². The summed E-state index contributed by atoms with van der Waals surface area (Å²) in [7, 11) is 0. The molecule has 1 atom stereocenters. The molecule has 1 heterocycles. The van der Waals surface area contributed by atoms with Crippen molar-refractivity contribution in [3.05, 3.63) is 41.5 Å². The van der Waals surface area contributed by atoms with Gasteiger partial charge in [-0.05, 0) is 37.0 Å². The third-order valence-electron chi connectivity index (χ3n) is 3.32. The van der Waals surface area contributed by atoms with E-state index < -0.39 is 6.17 Å². The molecule has 19 heavy (non-hydrogen) atoms. The van der Waals surface area contributed by atoms with E-state index in [0.29, 0.717) is 12.1 Å². The minimum Gasteiger partial charge on any atom is -0.381 e. The van der Waals surface area contributed by atoms with Crippen molar-refractivity contribution in [2.24, 2.45) is 10.2 Å². The lowest BCUT2D eigenvalue weighted by Gasteiger charge is -2.07. The highest BCUT2D eigenvalue weighted by Crippen LogP contribution is 2.24. The van der Waals surface area contributed by atoms with Crippen molar-refractivity contribution in [2.75, 3.05) is 0 Å². The highest BCUT2D eigenvalue weighted by Gasteiger charge is 2.15. The lowest BCUT2D eigenvalue weighted by Crippen LogP contribution is -2.12. The average Bonchev–Trinajstić information content (AvgIpc) is 2.76. The molecule has 1 aromatic rings. The molecule has 0 amide bonds. The number of nitrogens with one attached hydrogen (secondary N) is 1. The van der Waals surface area contributed by atoms with Crippen LogP contribution in [0.4, 0.5) is 4.39 Å². The first-order chi connectivity index (χ1) is 9.11. The molecule has 0 radical (unpaired) electrons. The molecule has 0 bridgehead atoms. The van der Waals surface area contributed by atoms with Crippen molar-refractivity contribution in [3.8, 4) is 0 Å². The van der Waals surface area contributed by atoms with Gasteiger partial charge in [0.15, 0.2) is 0 Å². The number of halogens is 1. The van der Waals surface area contributed by atoms with E-state index in [4.69, 9.17) is 0 Å². The Balaban J connectivity index is 2.08. The van der Waals surface area contributed by atoms with E-state index in [9.17, 15) is 4.39 Å². The molecular formula is C15H18FN3. The van der Waals surface area contributed by atoms with Gasteiger partial charge in [-0.2, -0.15) is 10.2 Å². The maximum Gasteiger partial charge on any atom is 0.137 e. The molecular weight excluding hydrogens is 241 g/mol. The third kappa shape index (κ3) is 3.08. The molecule has 1 N–H and O–H groups in total. The molecule has 0 aromatic heterocycles. The molecule has 1 unspecified atom stereocenters. The standard InChI is InChI=1S/C15H18FN3/c1-10(16)15(19-17-3)7-5-12-4-6-13-9-18-11(2)14(13)8-12/h4,6,8,10,18H,2-3,5,7,9H2,1H3/b19-15+. The van der Waals surface area contributed by atoms with Crippen LogP contribution in [-0.4, -0.2) is 18.6 Å². The van der Waals surface area contributed by atoms with Gasteiger partial charge in [0.25, 0.3) is 0 Å². The van der Waals surface area contributed by atoms with Gasteiger partial charge in [-0.1, -0.05) is 18.7 Å². The molecule has 3 nitrogen and oxygen atoms in total. The van der Waals surface area contributed by atoms with Gasteiger partial charge >= 0.3 is 0 Å². The summed E-state index contributed by atoms with van der Waals surface area (Å²) >= 11 is 0. The van der Waals surface area contributed by atoms with Crippen molar-refractivity contribution in [1.29, 1.82) is 0 Å². The molecule has 1 aliphatic rings. The fourth-order valence-corrected chi connectivity index (χ4v) is 2.20. The summed E-state index contributed by atoms with van der Waals surface area (Å²) in [5, 5.41) is 10.4. The first-order valence-electron chi connectivity index (χ1n) is 6.33. The van der Waals surface area contributed by atoms with Gasteiger partial charge in [-0.25, -0.2) is 4.39 Å². The van der Waals surface area contributed by atoms with Gasteiger partial charge in [0, 0.05) is 24.5 Å². The minimum absolute atomic E-state index is 0.437. The number of hydrogen-bond acceptors (Lipinski definition) is 3. The number of benzene rings is 1. The summed E-state index contributed by atoms with van der Waals surface area (Å²) in [5.74, 6) is 0. The molecule has 1 aliphatic heterocycles. The molecule has 0 aliphatic carbocycles. The summed E-state index contributed by atoms with van der Waals surface area (Å²) < 4.78 is 13.3. The highest BCUT2D eigenvalue weighted by atomic mass is 19.1. The van der Waals surface area contributed by atoms with E-state index >= 15 is 0 Å². The van der Waals surface area contributed by atoms with E-state index in [1.165, 1.54) is 12.5 Å². The van der Waals surface area contributed by atoms with E-state index in [1.807, 2.05) is 0 Å². The average molecular weight is 259 g/mol. The van der Waals surface area contributed by atoms with Gasteiger partial charge < -0.3 is 5.32 Å². The Labute approximate surface area is 112 Å². The van der Waals surface area contributed by atoms with E-state index in [1.54, 1.807) is 0 Å². The topological polar surface area (TPSA) is 36.8 Å². The summed E-state index contributed by atoms with van der Waals surface area (Å²) in [4.78, 5) is 0. The zero-order valence-electron chi connectivity index (χ0n) is 11.1. The smallest absolute Gasteiger partial charge is 0.137 e. The van der Waals surface area contributed by atoms with Crippen LogP contribution >= 0.6 is 0 Å². The normalized spacial score (nSPS) is 15.9. The second kappa shape index (κ2) is 5.78. The maximum absolute atomic E-state index is 13.3. The Morgan fingerprint density at radius 2 is 2.32 bits per heavy atom. The predicted octanol–water partition coefficient (Wildman–Crippen LogP) is 3.11. The van der Waals surface area contributed by atoms with Crippen LogP contribution in [0.3, 0.4) is 0 Å². The van der Waals surface area contributed by atoms with Crippen LogP contribution in [-0.2, 0) is 13.0 Å². The predicted molar refractivity (Wildman–Crippen MR) is 78.2 cm³/mol. The molecule has 0 saturated heterocycles. The first-order valence-corrected chi connectivity index (χ1v) is 6.33. The van der Waals surface area contributed by atoms with Gasteiger partial charge in [0.1, 0.15) is 6.17 Å². The lowest BCUT2D eigenvalue weighted by molar-refractivity contribution is 0.448. The van der Waals surface area contributed by atoms with Crippen LogP contribution in [0.5, 0.6) is 0 Å². The largest absolute Gasteiger partial charge is 0.381 e. The van der Waals surface area contributed by atoms with Gasteiger partial charge in [-0.3, -0.25) is 0 Å². The highest BCUT2D eigenvalue weighted by molar-refractivity contribution is 5.88. The molecule has 0 saturated carbocycles. The fraction of sp³-hybridized carbons (Fsp3) is 0.333. The first kappa shape index (κ1) is 13.5. The molecule has 0 spiro atoms. The second-order valence-electron chi connectivity index (χ2n) is 4.67. The summed E-state index contributed by atoms with van der Waals surface area (Å²) in [6.45, 7) is 9.55.